The Morgan fingerprint density at radius 3 is 2.80 bits per heavy atom. The summed E-state index contributed by atoms with van der Waals surface area (Å²) in [5, 5.41) is 6.22. The van der Waals surface area contributed by atoms with Gasteiger partial charge in [0.15, 0.2) is 0 Å². The molecular weight excluding hydrogens is 296 g/mol. The SMILES string of the molecule is NCc1nc(C(=O)c2cscc2Br)cs1. The molecule has 0 aliphatic heterocycles. The molecule has 0 saturated carbocycles. The van der Waals surface area contributed by atoms with Crippen molar-refractivity contribution >= 4 is 44.4 Å². The molecule has 0 aliphatic rings. The topological polar surface area (TPSA) is 56.0 Å². The van der Waals surface area contributed by atoms with Gasteiger partial charge in [0.25, 0.3) is 0 Å². The predicted molar refractivity (Wildman–Crippen MR) is 65.5 cm³/mol. The molecule has 0 fully saturated rings. The van der Waals surface area contributed by atoms with Crippen molar-refractivity contribution in [2.24, 2.45) is 5.73 Å². The van der Waals surface area contributed by atoms with E-state index in [0.717, 1.165) is 9.48 Å². The highest BCUT2D eigenvalue weighted by atomic mass is 79.9. The van der Waals surface area contributed by atoms with Crippen LogP contribution in [-0.4, -0.2) is 10.8 Å². The summed E-state index contributed by atoms with van der Waals surface area (Å²) in [6.07, 6.45) is 0. The molecule has 0 unspecified atom stereocenters. The number of nitrogens with two attached hydrogens (primary N) is 1. The van der Waals surface area contributed by atoms with Gasteiger partial charge in [0.2, 0.25) is 5.78 Å². The van der Waals surface area contributed by atoms with Crippen LogP contribution in [0.4, 0.5) is 0 Å². The summed E-state index contributed by atoms with van der Waals surface area (Å²) in [5.74, 6) is -0.0564. The fourth-order valence-corrected chi connectivity index (χ4v) is 3.20. The molecule has 2 heterocycles. The third kappa shape index (κ3) is 2.17. The zero-order chi connectivity index (χ0) is 10.8. The number of carbonyl (C=O) groups excluding carboxylic acids is 1. The van der Waals surface area contributed by atoms with Gasteiger partial charge in [-0.3, -0.25) is 4.79 Å². The summed E-state index contributed by atoms with van der Waals surface area (Å²) in [4.78, 5) is 16.1. The first-order chi connectivity index (χ1) is 7.22. The first kappa shape index (κ1) is 10.9. The van der Waals surface area contributed by atoms with Crippen LogP contribution in [-0.2, 0) is 6.54 Å². The van der Waals surface area contributed by atoms with Crippen LogP contribution >= 0.6 is 38.6 Å². The van der Waals surface area contributed by atoms with Gasteiger partial charge in [0.1, 0.15) is 10.7 Å². The fraction of sp³-hybridized carbons (Fsp3) is 0.111. The van der Waals surface area contributed by atoms with Gasteiger partial charge in [-0.1, -0.05) is 0 Å². The molecule has 0 radical (unpaired) electrons. The number of halogens is 1. The lowest BCUT2D eigenvalue weighted by molar-refractivity contribution is 0.103. The van der Waals surface area contributed by atoms with Crippen LogP contribution in [0.25, 0.3) is 0 Å². The van der Waals surface area contributed by atoms with Crippen LogP contribution in [0.1, 0.15) is 21.1 Å². The molecule has 2 N–H and O–H groups in total. The molecule has 0 amide bonds. The highest BCUT2D eigenvalue weighted by molar-refractivity contribution is 9.10. The summed E-state index contributed by atoms with van der Waals surface area (Å²) in [6.45, 7) is 0.378. The van der Waals surface area contributed by atoms with E-state index < -0.39 is 0 Å². The summed E-state index contributed by atoms with van der Waals surface area (Å²) in [7, 11) is 0. The van der Waals surface area contributed by atoms with Crippen molar-refractivity contribution in [1.82, 2.24) is 4.98 Å². The van der Waals surface area contributed by atoms with Gasteiger partial charge < -0.3 is 5.73 Å². The zero-order valence-corrected chi connectivity index (χ0v) is 10.8. The molecule has 0 aromatic carbocycles. The minimum Gasteiger partial charge on any atom is -0.325 e. The van der Waals surface area contributed by atoms with Crippen molar-refractivity contribution < 1.29 is 4.79 Å². The molecular formula is C9H7BrN2OS2. The van der Waals surface area contributed by atoms with Crippen LogP contribution in [0.15, 0.2) is 20.6 Å². The summed E-state index contributed by atoms with van der Waals surface area (Å²) < 4.78 is 0.819. The molecule has 0 spiro atoms. The van der Waals surface area contributed by atoms with E-state index in [1.807, 2.05) is 10.8 Å². The van der Waals surface area contributed by atoms with Gasteiger partial charge >= 0.3 is 0 Å². The van der Waals surface area contributed by atoms with Crippen molar-refractivity contribution in [3.05, 3.63) is 36.9 Å². The van der Waals surface area contributed by atoms with E-state index in [9.17, 15) is 4.79 Å². The maximum absolute atomic E-state index is 11.9. The van der Waals surface area contributed by atoms with Crippen molar-refractivity contribution in [2.75, 3.05) is 0 Å². The van der Waals surface area contributed by atoms with Gasteiger partial charge in [0.05, 0.1) is 0 Å². The van der Waals surface area contributed by atoms with Crippen LogP contribution in [0.5, 0.6) is 0 Å². The first-order valence-corrected chi connectivity index (χ1v) is 6.74. The Balaban J connectivity index is 2.32. The third-order valence-corrected chi connectivity index (χ3v) is 4.39. The van der Waals surface area contributed by atoms with Crippen molar-refractivity contribution in [3.8, 4) is 0 Å². The Morgan fingerprint density at radius 2 is 2.27 bits per heavy atom. The second kappa shape index (κ2) is 4.52. The van der Waals surface area contributed by atoms with Crippen molar-refractivity contribution in [3.63, 3.8) is 0 Å². The van der Waals surface area contributed by atoms with Gasteiger partial charge in [-0.25, -0.2) is 4.98 Å². The highest BCUT2D eigenvalue weighted by Gasteiger charge is 2.16. The minimum atomic E-state index is -0.0564. The number of rotatable bonds is 3. The van der Waals surface area contributed by atoms with Crippen molar-refractivity contribution in [1.29, 1.82) is 0 Å². The highest BCUT2D eigenvalue weighted by Crippen LogP contribution is 2.24. The second-order valence-corrected chi connectivity index (χ2v) is 5.33. The summed E-state index contributed by atoms with van der Waals surface area (Å²) >= 11 is 6.23. The third-order valence-electron chi connectivity index (χ3n) is 1.82. The number of hydrogen-bond acceptors (Lipinski definition) is 5. The molecule has 0 atom stereocenters. The normalized spacial score (nSPS) is 10.5. The average Bonchev–Trinajstić information content (AvgIpc) is 2.84. The number of nitrogens with zero attached hydrogens (tertiary/aromatic N) is 1. The molecule has 15 heavy (non-hydrogen) atoms. The molecule has 3 nitrogen and oxygen atoms in total. The summed E-state index contributed by atoms with van der Waals surface area (Å²) in [6, 6.07) is 0. The number of aromatic nitrogens is 1. The van der Waals surface area contributed by atoms with Crippen LogP contribution < -0.4 is 5.73 Å². The minimum absolute atomic E-state index is 0.0564. The largest absolute Gasteiger partial charge is 0.325 e. The lowest BCUT2D eigenvalue weighted by Crippen LogP contribution is -2.02. The van der Waals surface area contributed by atoms with Crippen LogP contribution in [0.3, 0.4) is 0 Å². The van der Waals surface area contributed by atoms with Gasteiger partial charge in [0, 0.05) is 32.7 Å². The fourth-order valence-electron chi connectivity index (χ4n) is 1.09. The smallest absolute Gasteiger partial charge is 0.214 e. The quantitative estimate of drug-likeness (QED) is 0.887. The molecule has 2 aromatic heterocycles. The monoisotopic (exact) mass is 302 g/mol. The molecule has 78 valence electrons. The van der Waals surface area contributed by atoms with Gasteiger partial charge in [-0.15, -0.1) is 11.3 Å². The second-order valence-electron chi connectivity index (χ2n) is 2.79. The number of hydrogen-bond donors (Lipinski definition) is 1. The van der Waals surface area contributed by atoms with E-state index in [-0.39, 0.29) is 5.78 Å². The average molecular weight is 303 g/mol. The predicted octanol–water partition coefficient (Wildman–Crippen LogP) is 2.66. The zero-order valence-electron chi connectivity index (χ0n) is 7.57. The Labute approximate surface area is 103 Å². The van der Waals surface area contributed by atoms with E-state index >= 15 is 0 Å². The number of ketones is 1. The van der Waals surface area contributed by atoms with Crippen LogP contribution in [0.2, 0.25) is 0 Å². The van der Waals surface area contributed by atoms with E-state index in [2.05, 4.69) is 20.9 Å². The molecule has 0 aliphatic carbocycles. The molecule has 0 bridgehead atoms. The van der Waals surface area contributed by atoms with Crippen LogP contribution in [0, 0.1) is 0 Å². The van der Waals surface area contributed by atoms with E-state index in [0.29, 0.717) is 17.8 Å². The Kier molecular flexibility index (Phi) is 3.30. The maximum Gasteiger partial charge on any atom is 0.214 e. The standard InChI is InChI=1S/C9H7BrN2OS2/c10-6-3-14-2-5(6)9(13)7-4-15-8(1-11)12-7/h2-4H,1,11H2. The molecule has 0 saturated heterocycles. The van der Waals surface area contributed by atoms with E-state index in [1.165, 1.54) is 22.7 Å². The lowest BCUT2D eigenvalue weighted by Gasteiger charge is -1.93. The Morgan fingerprint density at radius 1 is 1.47 bits per heavy atom. The lowest BCUT2D eigenvalue weighted by atomic mass is 10.2. The van der Waals surface area contributed by atoms with E-state index in [1.54, 1.807) is 5.38 Å². The number of thiazole rings is 1. The number of thiophene rings is 1. The maximum atomic E-state index is 11.9. The van der Waals surface area contributed by atoms with Gasteiger partial charge in [-0.05, 0) is 15.9 Å². The Hall–Kier alpha value is -0.560. The molecule has 2 rings (SSSR count). The Bertz CT molecular complexity index is 492. The number of carbonyl (C=O) groups is 1. The van der Waals surface area contributed by atoms with Crippen molar-refractivity contribution in [2.45, 2.75) is 6.54 Å². The van der Waals surface area contributed by atoms with Gasteiger partial charge in [-0.2, -0.15) is 11.3 Å². The van der Waals surface area contributed by atoms with E-state index in [4.69, 9.17) is 5.73 Å². The first-order valence-electron chi connectivity index (χ1n) is 4.13. The molecule has 2 aromatic rings. The summed E-state index contributed by atoms with van der Waals surface area (Å²) in [5.41, 5.74) is 6.57. The molecule has 6 heteroatoms.